The van der Waals surface area contributed by atoms with E-state index in [9.17, 15) is 0 Å². The van der Waals surface area contributed by atoms with E-state index < -0.39 is 8.07 Å². The van der Waals surface area contributed by atoms with Crippen LogP contribution in [0.4, 0.5) is 0 Å². The molecule has 0 atom stereocenters. The summed E-state index contributed by atoms with van der Waals surface area (Å²) in [6, 6.07) is 20.9. The number of allylic oxidation sites excluding steroid dienone is 2. The average molecular weight is 345 g/mol. The molecule has 0 saturated heterocycles. The molecule has 0 aromatic heterocycles. The van der Waals surface area contributed by atoms with E-state index in [0.717, 1.165) is 12.8 Å². The second kappa shape index (κ2) is 6.14. The van der Waals surface area contributed by atoms with Gasteiger partial charge in [-0.3, -0.25) is 0 Å². The van der Waals surface area contributed by atoms with E-state index in [2.05, 4.69) is 76.2 Å². The van der Waals surface area contributed by atoms with Crippen LogP contribution in [0.1, 0.15) is 49.9 Å². The molecule has 0 bridgehead atoms. The summed E-state index contributed by atoms with van der Waals surface area (Å²) in [6.07, 6.45) is 2.29. The van der Waals surface area contributed by atoms with E-state index in [-0.39, 0.29) is 0 Å². The summed E-state index contributed by atoms with van der Waals surface area (Å²) in [7, 11) is -1.75. The van der Waals surface area contributed by atoms with Crippen molar-refractivity contribution in [2.45, 2.75) is 52.6 Å². The molecule has 0 N–H and O–H groups in total. The van der Waals surface area contributed by atoms with E-state index in [1.165, 1.54) is 12.1 Å². The molecule has 0 fully saturated rings. The minimum atomic E-state index is -1.75. The summed E-state index contributed by atoms with van der Waals surface area (Å²) in [5.41, 5.74) is 9.44. The number of benzene rings is 2. The maximum Gasteiger partial charge on any atom is 0.119 e. The minimum absolute atomic E-state index is 1.15. The molecule has 0 heterocycles. The molecule has 128 valence electrons. The summed E-state index contributed by atoms with van der Waals surface area (Å²) in [4.78, 5) is 0. The Morgan fingerprint density at radius 1 is 0.680 bits per heavy atom. The Hall–Kier alpha value is -1.86. The zero-order chi connectivity index (χ0) is 17.6. The molecule has 25 heavy (non-hydrogen) atoms. The highest BCUT2D eigenvalue weighted by Gasteiger charge is 2.44. The van der Waals surface area contributed by atoms with Crippen LogP contribution in [-0.2, 0) is 12.8 Å². The highest BCUT2D eigenvalue weighted by molar-refractivity contribution is 7.10. The van der Waals surface area contributed by atoms with Gasteiger partial charge in [0.1, 0.15) is 8.07 Å². The number of hydrogen-bond donors (Lipinski definition) is 0. The Kier molecular flexibility index (Phi) is 4.08. The summed E-state index contributed by atoms with van der Waals surface area (Å²) < 4.78 is 0. The van der Waals surface area contributed by atoms with Crippen molar-refractivity contribution in [1.29, 1.82) is 0 Å². The first-order valence-electron chi connectivity index (χ1n) is 9.69. The van der Waals surface area contributed by atoms with Gasteiger partial charge in [0.2, 0.25) is 0 Å². The Morgan fingerprint density at radius 2 is 1.08 bits per heavy atom. The van der Waals surface area contributed by atoms with Crippen LogP contribution in [-0.4, -0.2) is 8.07 Å². The van der Waals surface area contributed by atoms with Gasteiger partial charge in [0.15, 0.2) is 0 Å². The van der Waals surface area contributed by atoms with Crippen LogP contribution in [0.2, 0.25) is 12.1 Å². The summed E-state index contributed by atoms with van der Waals surface area (Å²) in [5.74, 6) is 0. The van der Waals surface area contributed by atoms with Gasteiger partial charge in [0.05, 0.1) is 0 Å². The molecular formula is C24H28Si. The van der Waals surface area contributed by atoms with Gasteiger partial charge in [-0.25, -0.2) is 0 Å². The van der Waals surface area contributed by atoms with Crippen molar-refractivity contribution < 1.29 is 0 Å². The van der Waals surface area contributed by atoms with Crippen molar-refractivity contribution in [3.63, 3.8) is 0 Å². The standard InChI is InChI=1S/C24H28Si/c1-5-25(6-2,23-17(3)15-19-11-7-9-13-21(19)23)24-18(4)16-20-12-8-10-14-22(20)24/h7-14H,5-6,15-16H2,1-4H3. The van der Waals surface area contributed by atoms with Gasteiger partial charge in [-0.05, 0) is 59.3 Å². The minimum Gasteiger partial charge on any atom is -0.0686 e. The molecule has 4 rings (SSSR count). The molecule has 2 aromatic carbocycles. The molecule has 0 saturated carbocycles. The Balaban J connectivity index is 1.97. The number of fused-ring (bicyclic) bond motifs is 2. The zero-order valence-electron chi connectivity index (χ0n) is 15.9. The van der Waals surface area contributed by atoms with Crippen LogP contribution in [0, 0.1) is 0 Å². The van der Waals surface area contributed by atoms with Gasteiger partial charge in [-0.15, -0.1) is 0 Å². The van der Waals surface area contributed by atoms with Crippen LogP contribution in [0.15, 0.2) is 59.7 Å². The second-order valence-electron chi connectivity index (χ2n) is 7.77. The normalized spacial score (nSPS) is 16.5. The molecule has 2 aliphatic carbocycles. The van der Waals surface area contributed by atoms with Gasteiger partial charge >= 0.3 is 0 Å². The van der Waals surface area contributed by atoms with Crippen molar-refractivity contribution in [2.24, 2.45) is 0 Å². The average Bonchev–Trinajstić information content (AvgIpc) is 3.14. The Morgan fingerprint density at radius 3 is 1.48 bits per heavy atom. The molecule has 0 nitrogen and oxygen atoms in total. The van der Waals surface area contributed by atoms with Gasteiger partial charge in [-0.1, -0.05) is 85.6 Å². The first-order valence-corrected chi connectivity index (χ1v) is 12.1. The van der Waals surface area contributed by atoms with Crippen LogP contribution in [0.5, 0.6) is 0 Å². The third kappa shape index (κ3) is 2.32. The monoisotopic (exact) mass is 344 g/mol. The molecule has 1 heteroatoms. The third-order valence-electron chi connectivity index (χ3n) is 6.50. The van der Waals surface area contributed by atoms with Crippen LogP contribution in [0.3, 0.4) is 0 Å². The van der Waals surface area contributed by atoms with E-state index in [1.54, 1.807) is 43.8 Å². The second-order valence-corrected chi connectivity index (χ2v) is 12.3. The molecule has 0 unspecified atom stereocenters. The fraction of sp³-hybridized carbons (Fsp3) is 0.333. The summed E-state index contributed by atoms with van der Waals surface area (Å²) in [5, 5.41) is 3.50. The summed E-state index contributed by atoms with van der Waals surface area (Å²) >= 11 is 0. The lowest BCUT2D eigenvalue weighted by atomic mass is 10.1. The summed E-state index contributed by atoms with van der Waals surface area (Å²) in [6.45, 7) is 9.66. The highest BCUT2D eigenvalue weighted by Crippen LogP contribution is 2.51. The molecule has 0 aliphatic heterocycles. The molecule has 0 amide bonds. The quantitative estimate of drug-likeness (QED) is 0.547. The SMILES string of the molecule is CC[Si](CC)(C1=C(C)Cc2ccccc21)C1=C(C)Cc2ccccc21. The van der Waals surface area contributed by atoms with E-state index in [4.69, 9.17) is 0 Å². The fourth-order valence-electron chi connectivity index (χ4n) is 5.46. The van der Waals surface area contributed by atoms with Crippen molar-refractivity contribution in [3.8, 4) is 0 Å². The van der Waals surface area contributed by atoms with E-state index >= 15 is 0 Å². The molecular weight excluding hydrogens is 316 g/mol. The van der Waals surface area contributed by atoms with Crippen molar-refractivity contribution in [3.05, 3.63) is 81.9 Å². The highest BCUT2D eigenvalue weighted by atomic mass is 28.3. The third-order valence-corrected chi connectivity index (χ3v) is 12.2. The maximum absolute atomic E-state index is 2.44. The Labute approximate surface area is 153 Å². The molecule has 2 aliphatic rings. The largest absolute Gasteiger partial charge is 0.119 e. The smallest absolute Gasteiger partial charge is 0.0686 e. The lowest BCUT2D eigenvalue weighted by Crippen LogP contribution is -2.37. The van der Waals surface area contributed by atoms with Crippen molar-refractivity contribution in [1.82, 2.24) is 0 Å². The fourth-order valence-corrected chi connectivity index (χ4v) is 11.0. The van der Waals surface area contributed by atoms with Gasteiger partial charge in [0.25, 0.3) is 0 Å². The van der Waals surface area contributed by atoms with Crippen molar-refractivity contribution in [2.75, 3.05) is 0 Å². The topological polar surface area (TPSA) is 0 Å². The predicted octanol–water partition coefficient (Wildman–Crippen LogP) is 6.61. The van der Waals surface area contributed by atoms with Crippen molar-refractivity contribution >= 4 is 18.5 Å². The first kappa shape index (κ1) is 16.6. The number of rotatable bonds is 4. The van der Waals surface area contributed by atoms with E-state index in [0.29, 0.717) is 0 Å². The number of hydrogen-bond acceptors (Lipinski definition) is 0. The zero-order valence-corrected chi connectivity index (χ0v) is 16.9. The Bertz CT molecular complexity index is 822. The van der Waals surface area contributed by atoms with Gasteiger partial charge in [-0.2, -0.15) is 0 Å². The molecule has 0 spiro atoms. The van der Waals surface area contributed by atoms with Gasteiger partial charge in [0, 0.05) is 0 Å². The molecule has 0 radical (unpaired) electrons. The van der Waals surface area contributed by atoms with Gasteiger partial charge < -0.3 is 0 Å². The first-order chi connectivity index (χ1) is 12.1. The van der Waals surface area contributed by atoms with E-state index in [1.807, 2.05) is 0 Å². The lowest BCUT2D eigenvalue weighted by molar-refractivity contribution is 1.19. The lowest BCUT2D eigenvalue weighted by Gasteiger charge is -2.36. The molecule has 2 aromatic rings. The maximum atomic E-state index is 2.44. The van der Waals surface area contributed by atoms with Crippen LogP contribution < -0.4 is 0 Å². The predicted molar refractivity (Wildman–Crippen MR) is 112 cm³/mol. The van der Waals surface area contributed by atoms with Crippen LogP contribution >= 0.6 is 0 Å². The van der Waals surface area contributed by atoms with Crippen LogP contribution in [0.25, 0.3) is 10.4 Å².